The number of rotatable bonds is 2. The lowest BCUT2D eigenvalue weighted by atomic mass is 10.1. The number of nitrogens with one attached hydrogen (secondary N) is 1. The molecule has 0 aromatic heterocycles. The number of halogens is 2. The van der Waals surface area contributed by atoms with E-state index >= 15 is 0 Å². The summed E-state index contributed by atoms with van der Waals surface area (Å²) in [5, 5.41) is 3.36. The first-order valence-corrected chi connectivity index (χ1v) is 5.46. The van der Waals surface area contributed by atoms with Crippen molar-refractivity contribution in [1.82, 2.24) is 5.32 Å². The van der Waals surface area contributed by atoms with Gasteiger partial charge in [-0.15, -0.1) is 0 Å². The quantitative estimate of drug-likeness (QED) is 0.842. The topological polar surface area (TPSA) is 21.3 Å². The maximum Gasteiger partial charge on any atom is 0.142 e. The van der Waals surface area contributed by atoms with Crippen LogP contribution >= 0.6 is 11.6 Å². The summed E-state index contributed by atoms with van der Waals surface area (Å²) in [6.07, 6.45) is 2.31. The second-order valence-electron chi connectivity index (χ2n) is 3.66. The van der Waals surface area contributed by atoms with Crippen LogP contribution in [0, 0.1) is 5.82 Å². The van der Waals surface area contributed by atoms with Crippen molar-refractivity contribution in [3.63, 3.8) is 0 Å². The highest BCUT2D eigenvalue weighted by atomic mass is 35.5. The standard InChI is InChI=1S/C11H13ClFNO/c12-10-6-8(3-4-11(10)13)15-9-2-1-5-14-7-9/h3-4,6,9,14H,1-2,5,7H2/t9-/m1/s1. The van der Waals surface area contributed by atoms with Gasteiger partial charge in [0.1, 0.15) is 17.7 Å². The lowest BCUT2D eigenvalue weighted by molar-refractivity contribution is 0.167. The molecule has 1 fully saturated rings. The molecule has 4 heteroatoms. The molecule has 1 N–H and O–H groups in total. The van der Waals surface area contributed by atoms with Gasteiger partial charge in [-0.1, -0.05) is 11.6 Å². The van der Waals surface area contributed by atoms with Crippen LogP contribution in [0.2, 0.25) is 5.02 Å². The van der Waals surface area contributed by atoms with Crippen LogP contribution in [0.5, 0.6) is 5.75 Å². The molecule has 1 aliphatic heterocycles. The van der Waals surface area contributed by atoms with E-state index in [1.807, 2.05) is 0 Å². The summed E-state index contributed by atoms with van der Waals surface area (Å²) < 4.78 is 18.6. The molecule has 2 rings (SSSR count). The summed E-state index contributed by atoms with van der Waals surface area (Å²) in [5.41, 5.74) is 0. The van der Waals surface area contributed by atoms with Crippen molar-refractivity contribution in [3.05, 3.63) is 29.0 Å². The van der Waals surface area contributed by atoms with Crippen LogP contribution in [0.1, 0.15) is 12.8 Å². The van der Waals surface area contributed by atoms with Crippen LogP contribution < -0.4 is 10.1 Å². The molecule has 15 heavy (non-hydrogen) atoms. The highest BCUT2D eigenvalue weighted by Gasteiger charge is 2.14. The molecule has 1 aliphatic rings. The predicted octanol–water partition coefficient (Wildman–Crippen LogP) is 2.61. The van der Waals surface area contributed by atoms with Crippen LogP contribution in [0.3, 0.4) is 0 Å². The summed E-state index contributed by atoms with van der Waals surface area (Å²) in [6.45, 7) is 1.89. The molecule has 0 unspecified atom stereocenters. The van der Waals surface area contributed by atoms with Crippen LogP contribution in [-0.4, -0.2) is 19.2 Å². The lowest BCUT2D eigenvalue weighted by Gasteiger charge is -2.23. The normalized spacial score (nSPS) is 21.3. The molecular weight excluding hydrogens is 217 g/mol. The van der Waals surface area contributed by atoms with E-state index in [-0.39, 0.29) is 11.1 Å². The third kappa shape index (κ3) is 2.83. The average molecular weight is 230 g/mol. The third-order valence-electron chi connectivity index (χ3n) is 2.45. The molecule has 1 saturated heterocycles. The fourth-order valence-corrected chi connectivity index (χ4v) is 1.83. The van der Waals surface area contributed by atoms with E-state index in [0.29, 0.717) is 5.75 Å². The second kappa shape index (κ2) is 4.81. The average Bonchev–Trinajstić information content (AvgIpc) is 2.25. The summed E-state index contributed by atoms with van der Waals surface area (Å²) in [6, 6.07) is 4.45. The summed E-state index contributed by atoms with van der Waals surface area (Å²) in [7, 11) is 0. The molecule has 0 spiro atoms. The number of ether oxygens (including phenoxy) is 1. The smallest absolute Gasteiger partial charge is 0.142 e. The van der Waals surface area contributed by atoms with Gasteiger partial charge in [-0.3, -0.25) is 0 Å². The minimum Gasteiger partial charge on any atom is -0.489 e. The molecule has 0 radical (unpaired) electrons. The van der Waals surface area contributed by atoms with Crippen LogP contribution in [-0.2, 0) is 0 Å². The van der Waals surface area contributed by atoms with E-state index in [1.54, 1.807) is 6.07 Å². The molecule has 0 saturated carbocycles. The second-order valence-corrected chi connectivity index (χ2v) is 4.07. The van der Waals surface area contributed by atoms with Gasteiger partial charge >= 0.3 is 0 Å². The fraction of sp³-hybridized carbons (Fsp3) is 0.455. The van der Waals surface area contributed by atoms with Crippen molar-refractivity contribution < 1.29 is 9.13 Å². The maximum absolute atomic E-state index is 12.9. The van der Waals surface area contributed by atoms with Gasteiger partial charge in [-0.2, -0.15) is 0 Å². The van der Waals surface area contributed by atoms with E-state index in [2.05, 4.69) is 5.32 Å². The maximum atomic E-state index is 12.9. The monoisotopic (exact) mass is 229 g/mol. The van der Waals surface area contributed by atoms with Crippen LogP contribution in [0.25, 0.3) is 0 Å². The number of piperidine rings is 1. The molecule has 2 nitrogen and oxygen atoms in total. The van der Waals surface area contributed by atoms with Gasteiger partial charge in [0.15, 0.2) is 0 Å². The number of hydrogen-bond acceptors (Lipinski definition) is 2. The zero-order chi connectivity index (χ0) is 10.7. The molecule has 82 valence electrons. The van der Waals surface area contributed by atoms with Gasteiger partial charge in [0, 0.05) is 12.6 Å². The number of hydrogen-bond donors (Lipinski definition) is 1. The van der Waals surface area contributed by atoms with Gasteiger partial charge in [0.05, 0.1) is 5.02 Å². The molecular formula is C11H13ClFNO. The van der Waals surface area contributed by atoms with E-state index < -0.39 is 5.82 Å². The molecule has 0 bridgehead atoms. The van der Waals surface area contributed by atoms with E-state index in [9.17, 15) is 4.39 Å². The van der Waals surface area contributed by atoms with Gasteiger partial charge in [0.2, 0.25) is 0 Å². The molecule has 1 aromatic carbocycles. The van der Waals surface area contributed by atoms with Gasteiger partial charge in [-0.25, -0.2) is 4.39 Å². The van der Waals surface area contributed by atoms with Crippen LogP contribution in [0.15, 0.2) is 18.2 Å². The molecule has 0 aliphatic carbocycles. The van der Waals surface area contributed by atoms with Crippen molar-refractivity contribution in [2.24, 2.45) is 0 Å². The van der Waals surface area contributed by atoms with Crippen molar-refractivity contribution in [1.29, 1.82) is 0 Å². The lowest BCUT2D eigenvalue weighted by Crippen LogP contribution is -2.37. The van der Waals surface area contributed by atoms with Gasteiger partial charge in [0.25, 0.3) is 0 Å². The Bertz CT molecular complexity index is 339. The van der Waals surface area contributed by atoms with E-state index in [4.69, 9.17) is 16.3 Å². The largest absolute Gasteiger partial charge is 0.489 e. The van der Waals surface area contributed by atoms with Crippen molar-refractivity contribution >= 4 is 11.6 Å². The Morgan fingerprint density at radius 3 is 3.00 bits per heavy atom. The summed E-state index contributed by atoms with van der Waals surface area (Å²) >= 11 is 5.66. The van der Waals surface area contributed by atoms with Crippen molar-refractivity contribution in [2.75, 3.05) is 13.1 Å². The highest BCUT2D eigenvalue weighted by molar-refractivity contribution is 6.30. The third-order valence-corrected chi connectivity index (χ3v) is 2.74. The minimum absolute atomic E-state index is 0.108. The van der Waals surface area contributed by atoms with E-state index in [1.165, 1.54) is 12.1 Å². The minimum atomic E-state index is -0.411. The van der Waals surface area contributed by atoms with Crippen molar-refractivity contribution in [3.8, 4) is 5.75 Å². The molecule has 1 atom stereocenters. The SMILES string of the molecule is Fc1ccc(O[C@@H]2CCCNC2)cc1Cl. The van der Waals surface area contributed by atoms with E-state index in [0.717, 1.165) is 25.9 Å². The Morgan fingerprint density at radius 1 is 1.47 bits per heavy atom. The zero-order valence-electron chi connectivity index (χ0n) is 8.30. The highest BCUT2D eigenvalue weighted by Crippen LogP contribution is 2.22. The Hall–Kier alpha value is -0.800. The first-order chi connectivity index (χ1) is 7.25. The molecule has 1 aromatic rings. The number of benzene rings is 1. The zero-order valence-corrected chi connectivity index (χ0v) is 9.06. The summed E-state index contributed by atoms with van der Waals surface area (Å²) in [4.78, 5) is 0. The first-order valence-electron chi connectivity index (χ1n) is 5.08. The van der Waals surface area contributed by atoms with Crippen LogP contribution in [0.4, 0.5) is 4.39 Å². The van der Waals surface area contributed by atoms with Crippen molar-refractivity contribution in [2.45, 2.75) is 18.9 Å². The Balaban J connectivity index is 2.00. The fourth-order valence-electron chi connectivity index (χ4n) is 1.66. The van der Waals surface area contributed by atoms with Gasteiger partial charge < -0.3 is 10.1 Å². The molecule has 0 amide bonds. The first kappa shape index (κ1) is 10.7. The summed E-state index contributed by atoms with van der Waals surface area (Å²) in [5.74, 6) is 0.223. The Labute approximate surface area is 93.4 Å². The molecule has 1 heterocycles. The Kier molecular flexibility index (Phi) is 3.44. The van der Waals surface area contributed by atoms with Gasteiger partial charge in [-0.05, 0) is 31.5 Å². The predicted molar refractivity (Wildman–Crippen MR) is 57.9 cm³/mol. The Morgan fingerprint density at radius 2 is 2.33 bits per heavy atom.